The van der Waals surface area contributed by atoms with Crippen molar-refractivity contribution in [3.05, 3.63) is 28.2 Å². The Morgan fingerprint density at radius 3 is 2.65 bits per heavy atom. The molecule has 1 aromatic carbocycles. The first-order valence-corrected chi connectivity index (χ1v) is 8.13. The molecule has 2 rings (SSSR count). The number of likely N-dealkylation sites (N-methyl/N-ethyl adjacent to an activating group) is 1. The first kappa shape index (κ1) is 18.0. The zero-order chi connectivity index (χ0) is 16.8. The van der Waals surface area contributed by atoms with E-state index in [4.69, 9.17) is 27.9 Å². The Morgan fingerprint density at radius 1 is 1.39 bits per heavy atom. The molecule has 1 aromatic rings. The molecule has 23 heavy (non-hydrogen) atoms. The van der Waals surface area contributed by atoms with Gasteiger partial charge < -0.3 is 20.3 Å². The van der Waals surface area contributed by atoms with Crippen LogP contribution in [0.25, 0.3) is 0 Å². The molecule has 1 atom stereocenters. The highest BCUT2D eigenvalue weighted by atomic mass is 35.5. The van der Waals surface area contributed by atoms with Gasteiger partial charge in [0, 0.05) is 19.6 Å². The van der Waals surface area contributed by atoms with Crippen molar-refractivity contribution in [2.45, 2.75) is 13.0 Å². The number of rotatable bonds is 5. The summed E-state index contributed by atoms with van der Waals surface area (Å²) in [7, 11) is 0. The van der Waals surface area contributed by atoms with Crippen LogP contribution in [0.5, 0.6) is 0 Å². The smallest absolute Gasteiger partial charge is 0.253 e. The highest BCUT2D eigenvalue weighted by Crippen LogP contribution is 2.29. The van der Waals surface area contributed by atoms with Gasteiger partial charge in [0.2, 0.25) is 5.91 Å². The Bertz CT molecular complexity index is 557. The molecule has 0 aliphatic carbocycles. The van der Waals surface area contributed by atoms with Crippen LogP contribution in [0, 0.1) is 0 Å². The summed E-state index contributed by atoms with van der Waals surface area (Å²) >= 11 is 12.0. The predicted octanol–water partition coefficient (Wildman–Crippen LogP) is 1.77. The molecule has 1 fully saturated rings. The van der Waals surface area contributed by atoms with Crippen molar-refractivity contribution in [3.8, 4) is 0 Å². The van der Waals surface area contributed by atoms with E-state index >= 15 is 0 Å². The Kier molecular flexibility index (Phi) is 6.65. The zero-order valence-corrected chi connectivity index (χ0v) is 14.3. The topological polar surface area (TPSA) is 70.7 Å². The summed E-state index contributed by atoms with van der Waals surface area (Å²) in [5.74, 6) is -0.570. The van der Waals surface area contributed by atoms with Crippen LogP contribution >= 0.6 is 23.2 Å². The van der Waals surface area contributed by atoms with E-state index in [-0.39, 0.29) is 18.4 Å². The second-order valence-corrected chi connectivity index (χ2v) is 5.88. The molecule has 1 aliphatic rings. The van der Waals surface area contributed by atoms with Crippen molar-refractivity contribution in [1.29, 1.82) is 0 Å². The van der Waals surface area contributed by atoms with Crippen LogP contribution < -0.4 is 10.6 Å². The Balaban J connectivity index is 1.98. The molecule has 1 heterocycles. The normalized spacial score (nSPS) is 17.6. The lowest BCUT2D eigenvalue weighted by Crippen LogP contribution is -2.51. The van der Waals surface area contributed by atoms with E-state index in [1.807, 2.05) is 6.92 Å². The van der Waals surface area contributed by atoms with Crippen LogP contribution in [-0.2, 0) is 14.3 Å². The van der Waals surface area contributed by atoms with Crippen molar-refractivity contribution in [1.82, 2.24) is 10.2 Å². The number of carbonyl (C=O) groups is 2. The van der Waals surface area contributed by atoms with Crippen molar-refractivity contribution < 1.29 is 14.3 Å². The van der Waals surface area contributed by atoms with Crippen LogP contribution in [0.3, 0.4) is 0 Å². The molecule has 0 radical (unpaired) electrons. The van der Waals surface area contributed by atoms with Gasteiger partial charge in [-0.1, -0.05) is 29.3 Å². The Morgan fingerprint density at radius 2 is 2.09 bits per heavy atom. The van der Waals surface area contributed by atoms with Gasteiger partial charge in [0.15, 0.2) is 0 Å². The highest BCUT2D eigenvalue weighted by Gasteiger charge is 2.27. The van der Waals surface area contributed by atoms with Gasteiger partial charge >= 0.3 is 0 Å². The molecule has 0 unspecified atom stereocenters. The van der Waals surface area contributed by atoms with Crippen molar-refractivity contribution in [2.24, 2.45) is 0 Å². The largest absolute Gasteiger partial charge is 0.366 e. The second kappa shape index (κ2) is 8.49. The number of amides is 2. The molecule has 2 N–H and O–H groups in total. The van der Waals surface area contributed by atoms with E-state index in [1.54, 1.807) is 18.2 Å². The lowest BCUT2D eigenvalue weighted by Gasteiger charge is -2.28. The first-order chi connectivity index (χ1) is 11.0. The standard InChI is InChI=1S/C15H19Cl2N3O3/c1-2-20(15(22)12-8-18-6-7-23-12)9-13(21)19-14-10(16)4-3-5-11(14)17/h3-5,12,18H,2,6-9H2,1H3,(H,19,21)/t12-/m0/s1. The van der Waals surface area contributed by atoms with Gasteiger partial charge in [-0.3, -0.25) is 9.59 Å². The zero-order valence-electron chi connectivity index (χ0n) is 12.8. The van der Waals surface area contributed by atoms with Crippen LogP contribution in [-0.4, -0.2) is 55.6 Å². The minimum absolute atomic E-state index is 0.0866. The third kappa shape index (κ3) is 4.81. The number of ether oxygens (including phenoxy) is 1. The minimum atomic E-state index is -0.555. The van der Waals surface area contributed by atoms with Gasteiger partial charge in [-0.15, -0.1) is 0 Å². The van der Waals surface area contributed by atoms with E-state index < -0.39 is 6.10 Å². The van der Waals surface area contributed by atoms with E-state index in [0.29, 0.717) is 35.4 Å². The van der Waals surface area contributed by atoms with Gasteiger partial charge in [-0.2, -0.15) is 0 Å². The maximum atomic E-state index is 12.4. The molecule has 1 aliphatic heterocycles. The van der Waals surface area contributed by atoms with E-state index in [0.717, 1.165) is 6.54 Å². The van der Waals surface area contributed by atoms with Gasteiger partial charge in [-0.25, -0.2) is 0 Å². The van der Waals surface area contributed by atoms with Crippen LogP contribution in [0.1, 0.15) is 6.92 Å². The fourth-order valence-corrected chi connectivity index (χ4v) is 2.73. The molecule has 126 valence electrons. The number of morpholine rings is 1. The van der Waals surface area contributed by atoms with Gasteiger partial charge in [0.1, 0.15) is 6.10 Å². The van der Waals surface area contributed by atoms with E-state index in [1.165, 1.54) is 4.90 Å². The van der Waals surface area contributed by atoms with Crippen molar-refractivity contribution in [3.63, 3.8) is 0 Å². The molecule has 8 heteroatoms. The monoisotopic (exact) mass is 359 g/mol. The van der Waals surface area contributed by atoms with Crippen LogP contribution in [0.4, 0.5) is 5.69 Å². The number of nitrogens with zero attached hydrogens (tertiary/aromatic N) is 1. The molecular formula is C15H19Cl2N3O3. The minimum Gasteiger partial charge on any atom is -0.366 e. The SMILES string of the molecule is CCN(CC(=O)Nc1c(Cl)cccc1Cl)C(=O)[C@@H]1CNCCO1. The van der Waals surface area contributed by atoms with Crippen LogP contribution in [0.15, 0.2) is 18.2 Å². The summed E-state index contributed by atoms with van der Waals surface area (Å²) < 4.78 is 5.43. The molecule has 2 amide bonds. The summed E-state index contributed by atoms with van der Waals surface area (Å²) in [5.41, 5.74) is 0.347. The van der Waals surface area contributed by atoms with Gasteiger partial charge in [0.25, 0.3) is 5.91 Å². The molecule has 0 bridgehead atoms. The summed E-state index contributed by atoms with van der Waals surface area (Å²) in [6, 6.07) is 4.95. The third-order valence-corrected chi connectivity index (χ3v) is 4.09. The average molecular weight is 360 g/mol. The quantitative estimate of drug-likeness (QED) is 0.840. The Labute approximate surface area is 145 Å². The fourth-order valence-electron chi connectivity index (χ4n) is 2.24. The number of hydrogen-bond donors (Lipinski definition) is 2. The molecular weight excluding hydrogens is 341 g/mol. The molecule has 1 saturated heterocycles. The lowest BCUT2D eigenvalue weighted by molar-refractivity contribution is -0.146. The lowest BCUT2D eigenvalue weighted by atomic mass is 10.2. The van der Waals surface area contributed by atoms with Crippen LogP contribution in [0.2, 0.25) is 10.0 Å². The molecule has 0 aromatic heterocycles. The molecule has 0 spiro atoms. The number of halogens is 2. The number of benzene rings is 1. The average Bonchev–Trinajstić information content (AvgIpc) is 2.56. The van der Waals surface area contributed by atoms with Crippen molar-refractivity contribution >= 4 is 40.7 Å². The maximum absolute atomic E-state index is 12.4. The van der Waals surface area contributed by atoms with Gasteiger partial charge in [0.05, 0.1) is 28.9 Å². The number of anilines is 1. The first-order valence-electron chi connectivity index (χ1n) is 7.38. The predicted molar refractivity (Wildman–Crippen MR) is 90.0 cm³/mol. The number of nitrogens with one attached hydrogen (secondary N) is 2. The fraction of sp³-hybridized carbons (Fsp3) is 0.467. The maximum Gasteiger partial charge on any atom is 0.253 e. The highest BCUT2D eigenvalue weighted by molar-refractivity contribution is 6.39. The summed E-state index contributed by atoms with van der Waals surface area (Å²) in [4.78, 5) is 26.0. The number of hydrogen-bond acceptors (Lipinski definition) is 4. The van der Waals surface area contributed by atoms with E-state index in [2.05, 4.69) is 10.6 Å². The number of para-hydroxylation sites is 1. The number of carbonyl (C=O) groups excluding carboxylic acids is 2. The van der Waals surface area contributed by atoms with Crippen molar-refractivity contribution in [2.75, 3.05) is 38.1 Å². The molecule has 6 nitrogen and oxygen atoms in total. The second-order valence-electron chi connectivity index (χ2n) is 5.06. The summed E-state index contributed by atoms with van der Waals surface area (Å²) in [6.07, 6.45) is -0.555. The summed E-state index contributed by atoms with van der Waals surface area (Å²) in [6.45, 7) is 3.78. The molecule has 0 saturated carbocycles. The van der Waals surface area contributed by atoms with E-state index in [9.17, 15) is 9.59 Å². The third-order valence-electron chi connectivity index (χ3n) is 3.46. The Hall–Kier alpha value is -1.34. The van der Waals surface area contributed by atoms with Gasteiger partial charge in [-0.05, 0) is 19.1 Å². The summed E-state index contributed by atoms with van der Waals surface area (Å²) in [5, 5.41) is 6.44.